The Morgan fingerprint density at radius 2 is 2.00 bits per heavy atom. The van der Waals surface area contributed by atoms with Gasteiger partial charge in [-0.15, -0.1) is 0 Å². The second-order valence-electron chi connectivity index (χ2n) is 4.02. The van der Waals surface area contributed by atoms with E-state index in [0.717, 1.165) is 11.3 Å². The number of nitrogens with zero attached hydrogens (tertiary/aromatic N) is 1. The fourth-order valence-electron chi connectivity index (χ4n) is 1.54. The molecule has 0 aliphatic heterocycles. The van der Waals surface area contributed by atoms with Gasteiger partial charge in [-0.1, -0.05) is 23.7 Å². The molecule has 1 heterocycles. The highest BCUT2D eigenvalue weighted by molar-refractivity contribution is 6.30. The summed E-state index contributed by atoms with van der Waals surface area (Å²) in [5.41, 5.74) is 0.977. The molecule has 0 atom stereocenters. The van der Waals surface area contributed by atoms with Gasteiger partial charge in [0.05, 0.1) is 12.1 Å². The SMILES string of the molecule is COc1ccc(CNC(=O)Nc2ccc(Cl)cn2)cc1. The topological polar surface area (TPSA) is 63.2 Å². The summed E-state index contributed by atoms with van der Waals surface area (Å²) in [5, 5.41) is 5.88. The number of benzene rings is 1. The van der Waals surface area contributed by atoms with Crippen molar-refractivity contribution in [3.8, 4) is 5.75 Å². The Morgan fingerprint density at radius 1 is 1.25 bits per heavy atom. The number of halogens is 1. The molecule has 2 N–H and O–H groups in total. The Morgan fingerprint density at radius 3 is 2.60 bits per heavy atom. The summed E-state index contributed by atoms with van der Waals surface area (Å²) < 4.78 is 5.06. The van der Waals surface area contributed by atoms with Crippen LogP contribution >= 0.6 is 11.6 Å². The first-order valence-corrected chi connectivity index (χ1v) is 6.34. The van der Waals surface area contributed by atoms with Crippen molar-refractivity contribution < 1.29 is 9.53 Å². The second kappa shape index (κ2) is 6.77. The largest absolute Gasteiger partial charge is 0.497 e. The highest BCUT2D eigenvalue weighted by Gasteiger charge is 2.02. The molecule has 104 valence electrons. The van der Waals surface area contributed by atoms with Gasteiger partial charge in [0.25, 0.3) is 0 Å². The van der Waals surface area contributed by atoms with Gasteiger partial charge in [0.1, 0.15) is 11.6 Å². The van der Waals surface area contributed by atoms with Crippen LogP contribution < -0.4 is 15.4 Å². The smallest absolute Gasteiger partial charge is 0.320 e. The van der Waals surface area contributed by atoms with Crippen LogP contribution in [0.1, 0.15) is 5.56 Å². The quantitative estimate of drug-likeness (QED) is 0.910. The second-order valence-corrected chi connectivity index (χ2v) is 4.45. The van der Waals surface area contributed by atoms with Crippen molar-refractivity contribution in [1.29, 1.82) is 0 Å². The van der Waals surface area contributed by atoms with Crippen LogP contribution in [0.3, 0.4) is 0 Å². The normalized spacial score (nSPS) is 9.90. The molecule has 1 aromatic carbocycles. The number of ether oxygens (including phenoxy) is 1. The lowest BCUT2D eigenvalue weighted by molar-refractivity contribution is 0.251. The third-order valence-corrected chi connectivity index (χ3v) is 2.80. The number of hydrogen-bond donors (Lipinski definition) is 2. The fourth-order valence-corrected chi connectivity index (χ4v) is 1.65. The van der Waals surface area contributed by atoms with Gasteiger partial charge < -0.3 is 10.1 Å². The molecule has 2 aromatic rings. The lowest BCUT2D eigenvalue weighted by atomic mass is 10.2. The van der Waals surface area contributed by atoms with Gasteiger partial charge in [-0.3, -0.25) is 5.32 Å². The molecule has 0 spiro atoms. The highest BCUT2D eigenvalue weighted by atomic mass is 35.5. The molecule has 0 saturated carbocycles. The minimum absolute atomic E-state index is 0.323. The average molecular weight is 292 g/mol. The van der Waals surface area contributed by atoms with E-state index < -0.39 is 0 Å². The van der Waals surface area contributed by atoms with Crippen molar-refractivity contribution in [3.63, 3.8) is 0 Å². The molecule has 0 saturated heterocycles. The maximum atomic E-state index is 11.7. The summed E-state index contributed by atoms with van der Waals surface area (Å²) in [6.07, 6.45) is 1.47. The predicted molar refractivity (Wildman–Crippen MR) is 78.1 cm³/mol. The zero-order valence-corrected chi connectivity index (χ0v) is 11.6. The maximum Gasteiger partial charge on any atom is 0.320 e. The van der Waals surface area contributed by atoms with Crippen LogP contribution in [0, 0.1) is 0 Å². The van der Waals surface area contributed by atoms with Gasteiger partial charge in [0.15, 0.2) is 0 Å². The number of carbonyl (C=O) groups is 1. The Bertz CT molecular complexity index is 570. The van der Waals surface area contributed by atoms with E-state index in [1.807, 2.05) is 24.3 Å². The number of rotatable bonds is 4. The Labute approximate surface area is 121 Å². The van der Waals surface area contributed by atoms with E-state index in [9.17, 15) is 4.79 Å². The van der Waals surface area contributed by atoms with Crippen molar-refractivity contribution in [2.24, 2.45) is 0 Å². The number of methoxy groups -OCH3 is 1. The number of anilines is 1. The van der Waals surface area contributed by atoms with Crippen LogP contribution in [0.5, 0.6) is 5.75 Å². The number of nitrogens with one attached hydrogen (secondary N) is 2. The number of urea groups is 1. The molecule has 0 unspecified atom stereocenters. The van der Waals surface area contributed by atoms with E-state index in [1.54, 1.807) is 19.2 Å². The monoisotopic (exact) mass is 291 g/mol. The van der Waals surface area contributed by atoms with Gasteiger partial charge in [-0.2, -0.15) is 0 Å². The first kappa shape index (κ1) is 14.1. The van der Waals surface area contributed by atoms with Crippen molar-refractivity contribution >= 4 is 23.4 Å². The van der Waals surface area contributed by atoms with Crippen molar-refractivity contribution in [2.75, 3.05) is 12.4 Å². The minimum Gasteiger partial charge on any atom is -0.497 e. The summed E-state index contributed by atoms with van der Waals surface area (Å²) in [4.78, 5) is 15.6. The molecule has 0 fully saturated rings. The molecule has 0 radical (unpaired) electrons. The van der Waals surface area contributed by atoms with Gasteiger partial charge in [-0.25, -0.2) is 9.78 Å². The van der Waals surface area contributed by atoms with E-state index in [2.05, 4.69) is 15.6 Å². The summed E-state index contributed by atoms with van der Waals surface area (Å²) >= 11 is 5.71. The molecule has 5 nitrogen and oxygen atoms in total. The lowest BCUT2D eigenvalue weighted by Crippen LogP contribution is -2.28. The molecular weight excluding hydrogens is 278 g/mol. The molecule has 0 aliphatic rings. The summed E-state index contributed by atoms with van der Waals surface area (Å²) in [5.74, 6) is 1.23. The van der Waals surface area contributed by atoms with E-state index in [1.165, 1.54) is 6.20 Å². The van der Waals surface area contributed by atoms with Crippen LogP contribution in [0.4, 0.5) is 10.6 Å². The average Bonchev–Trinajstić information content (AvgIpc) is 2.48. The third kappa shape index (κ3) is 4.13. The number of carbonyl (C=O) groups excluding carboxylic acids is 1. The molecule has 0 aliphatic carbocycles. The van der Waals surface area contributed by atoms with E-state index in [-0.39, 0.29) is 6.03 Å². The van der Waals surface area contributed by atoms with Gasteiger partial charge >= 0.3 is 6.03 Å². The standard InChI is InChI=1S/C14H14ClN3O2/c1-20-12-5-2-10(3-6-12)8-17-14(19)18-13-7-4-11(15)9-16-13/h2-7,9H,8H2,1H3,(H2,16,17,18,19). The predicted octanol–water partition coefficient (Wildman–Crippen LogP) is 3.07. The van der Waals surface area contributed by atoms with Crippen molar-refractivity contribution in [2.45, 2.75) is 6.54 Å². The fraction of sp³-hybridized carbons (Fsp3) is 0.143. The number of pyridine rings is 1. The first-order chi connectivity index (χ1) is 9.67. The number of hydrogen-bond acceptors (Lipinski definition) is 3. The molecular formula is C14H14ClN3O2. The van der Waals surface area contributed by atoms with Crippen molar-refractivity contribution in [1.82, 2.24) is 10.3 Å². The molecule has 20 heavy (non-hydrogen) atoms. The van der Waals surface area contributed by atoms with Crippen LogP contribution in [-0.2, 0) is 6.54 Å². The minimum atomic E-state index is -0.323. The maximum absolute atomic E-state index is 11.7. The molecule has 0 bridgehead atoms. The molecule has 2 amide bonds. The first-order valence-electron chi connectivity index (χ1n) is 5.97. The Hall–Kier alpha value is -2.27. The molecule has 2 rings (SSSR count). The van der Waals surface area contributed by atoms with Gasteiger partial charge in [0, 0.05) is 12.7 Å². The summed E-state index contributed by atoms with van der Waals surface area (Å²) in [7, 11) is 1.61. The van der Waals surface area contributed by atoms with Crippen LogP contribution in [0.15, 0.2) is 42.6 Å². The third-order valence-electron chi connectivity index (χ3n) is 2.58. The van der Waals surface area contributed by atoms with Crippen molar-refractivity contribution in [3.05, 3.63) is 53.2 Å². The van der Waals surface area contributed by atoms with Gasteiger partial charge in [0.2, 0.25) is 0 Å². The van der Waals surface area contributed by atoms with Crippen LogP contribution in [0.25, 0.3) is 0 Å². The Kier molecular flexibility index (Phi) is 4.79. The van der Waals surface area contributed by atoms with Crippen LogP contribution in [0.2, 0.25) is 5.02 Å². The zero-order chi connectivity index (χ0) is 14.4. The summed E-state index contributed by atoms with van der Waals surface area (Å²) in [6.45, 7) is 0.420. The summed E-state index contributed by atoms with van der Waals surface area (Å²) in [6, 6.07) is 10.4. The van der Waals surface area contributed by atoms with E-state index >= 15 is 0 Å². The molecule has 6 heteroatoms. The number of aromatic nitrogens is 1. The zero-order valence-electron chi connectivity index (χ0n) is 10.9. The van der Waals surface area contributed by atoms with Crippen LogP contribution in [-0.4, -0.2) is 18.1 Å². The highest BCUT2D eigenvalue weighted by Crippen LogP contribution is 2.11. The lowest BCUT2D eigenvalue weighted by Gasteiger charge is -2.07. The Balaban J connectivity index is 1.83. The van der Waals surface area contributed by atoms with E-state index in [4.69, 9.17) is 16.3 Å². The number of amides is 2. The van der Waals surface area contributed by atoms with Gasteiger partial charge in [-0.05, 0) is 29.8 Å². The molecule has 1 aromatic heterocycles. The van der Waals surface area contributed by atoms with E-state index in [0.29, 0.717) is 17.4 Å².